The van der Waals surface area contributed by atoms with Gasteiger partial charge in [-0.15, -0.1) is 0 Å². The molecule has 1 heterocycles. The normalized spacial score (nSPS) is 14.9. The summed E-state index contributed by atoms with van der Waals surface area (Å²) in [5, 5.41) is 2.67. The van der Waals surface area contributed by atoms with Gasteiger partial charge in [-0.3, -0.25) is 14.5 Å². The molecule has 0 saturated carbocycles. The molecule has 0 radical (unpaired) electrons. The Bertz CT molecular complexity index is 851. The number of benzene rings is 1. The molecule has 1 aliphatic heterocycles. The topological polar surface area (TPSA) is 107 Å². The number of urea groups is 1. The molecule has 1 fully saturated rings. The van der Waals surface area contributed by atoms with E-state index >= 15 is 0 Å². The summed E-state index contributed by atoms with van der Waals surface area (Å²) in [4.78, 5) is 38.2. The van der Waals surface area contributed by atoms with Crippen molar-refractivity contribution in [3.8, 4) is 0 Å². The molecule has 1 aromatic rings. The van der Waals surface area contributed by atoms with Crippen molar-refractivity contribution in [2.24, 2.45) is 0 Å². The van der Waals surface area contributed by atoms with Gasteiger partial charge in [0, 0.05) is 38.8 Å². The number of nitrogens with zero attached hydrogens (tertiary/aromatic N) is 3. The summed E-state index contributed by atoms with van der Waals surface area (Å²) in [6, 6.07) is 5.74. The summed E-state index contributed by atoms with van der Waals surface area (Å²) in [6.07, 6.45) is 0.433. The maximum absolute atomic E-state index is 12.6. The number of nitrogens with one attached hydrogen (secondary N) is 1. The Kier molecular flexibility index (Phi) is 7.14. The van der Waals surface area contributed by atoms with E-state index in [1.165, 1.54) is 21.3 Å². The van der Waals surface area contributed by atoms with Crippen molar-refractivity contribution < 1.29 is 22.8 Å². The molecule has 0 aromatic heterocycles. The van der Waals surface area contributed by atoms with Crippen molar-refractivity contribution in [2.45, 2.75) is 31.6 Å². The second kappa shape index (κ2) is 9.16. The third-order valence-electron chi connectivity index (χ3n) is 4.48. The Labute approximate surface area is 165 Å². The summed E-state index contributed by atoms with van der Waals surface area (Å²) in [6.45, 7) is 4.47. The molecule has 9 nitrogen and oxygen atoms in total. The third kappa shape index (κ3) is 4.87. The molecule has 28 heavy (non-hydrogen) atoms. The number of imide groups is 1. The van der Waals surface area contributed by atoms with Crippen LogP contribution in [0.15, 0.2) is 29.2 Å². The van der Waals surface area contributed by atoms with Crippen LogP contribution in [0.3, 0.4) is 0 Å². The monoisotopic (exact) mass is 410 g/mol. The molecular formula is C18H26N4O5S. The van der Waals surface area contributed by atoms with Crippen LogP contribution in [-0.2, 0) is 19.6 Å². The highest BCUT2D eigenvalue weighted by Gasteiger charge is 2.32. The lowest BCUT2D eigenvalue weighted by atomic mass is 10.2. The number of hydrogen-bond acceptors (Lipinski definition) is 5. The minimum atomic E-state index is -3.61. The number of anilines is 1. The lowest BCUT2D eigenvalue weighted by molar-refractivity contribution is -0.125. The largest absolute Gasteiger partial charge is 0.326 e. The molecule has 0 aliphatic carbocycles. The van der Waals surface area contributed by atoms with Crippen molar-refractivity contribution in [1.82, 2.24) is 14.1 Å². The molecule has 1 saturated heterocycles. The van der Waals surface area contributed by atoms with Crippen LogP contribution < -0.4 is 5.32 Å². The molecule has 2 rings (SSSR count). The highest BCUT2D eigenvalue weighted by atomic mass is 32.2. The quantitative estimate of drug-likeness (QED) is 0.618. The Morgan fingerprint density at radius 1 is 1.21 bits per heavy atom. The fourth-order valence-electron chi connectivity index (χ4n) is 2.96. The second-order valence-corrected chi connectivity index (χ2v) is 8.39. The molecule has 154 valence electrons. The average Bonchev–Trinajstić information content (AvgIpc) is 2.88. The van der Waals surface area contributed by atoms with E-state index in [9.17, 15) is 22.8 Å². The van der Waals surface area contributed by atoms with E-state index in [1.807, 2.05) is 0 Å². The van der Waals surface area contributed by atoms with E-state index in [-0.39, 0.29) is 42.3 Å². The summed E-state index contributed by atoms with van der Waals surface area (Å²) in [5.41, 5.74) is 0.381. The lowest BCUT2D eigenvalue weighted by Crippen LogP contribution is -2.33. The van der Waals surface area contributed by atoms with E-state index in [2.05, 4.69) is 5.32 Å². The van der Waals surface area contributed by atoms with E-state index in [0.29, 0.717) is 25.2 Å². The average molecular weight is 410 g/mol. The first-order valence-electron chi connectivity index (χ1n) is 9.16. The highest BCUT2D eigenvalue weighted by Crippen LogP contribution is 2.20. The lowest BCUT2D eigenvalue weighted by Gasteiger charge is -2.19. The smallest absolute Gasteiger partial charge is 0.326 e. The Hall–Kier alpha value is -2.46. The Morgan fingerprint density at radius 2 is 1.89 bits per heavy atom. The number of hydrogen-bond donors (Lipinski definition) is 1. The van der Waals surface area contributed by atoms with Crippen LogP contribution in [0, 0.1) is 0 Å². The van der Waals surface area contributed by atoms with Crippen LogP contribution >= 0.6 is 0 Å². The number of amides is 4. The van der Waals surface area contributed by atoms with Crippen LogP contribution in [0.5, 0.6) is 0 Å². The van der Waals surface area contributed by atoms with Crippen LogP contribution in [-0.4, -0.2) is 73.6 Å². The van der Waals surface area contributed by atoms with Gasteiger partial charge >= 0.3 is 6.03 Å². The first-order valence-corrected chi connectivity index (χ1v) is 10.6. The molecular weight excluding hydrogens is 384 g/mol. The van der Waals surface area contributed by atoms with Gasteiger partial charge < -0.3 is 10.2 Å². The molecule has 0 spiro atoms. The Balaban J connectivity index is 1.94. The summed E-state index contributed by atoms with van der Waals surface area (Å²) < 4.78 is 26.5. The van der Waals surface area contributed by atoms with Crippen LogP contribution in [0.2, 0.25) is 0 Å². The number of carbonyl (C=O) groups is 3. The van der Waals surface area contributed by atoms with Gasteiger partial charge in [0.05, 0.1) is 4.90 Å². The summed E-state index contributed by atoms with van der Waals surface area (Å²) >= 11 is 0. The molecule has 10 heteroatoms. The molecule has 0 bridgehead atoms. The van der Waals surface area contributed by atoms with Gasteiger partial charge in [-0.25, -0.2) is 13.2 Å². The molecule has 0 atom stereocenters. The van der Waals surface area contributed by atoms with Crippen molar-refractivity contribution in [2.75, 3.05) is 38.5 Å². The van der Waals surface area contributed by atoms with Gasteiger partial charge in [-0.1, -0.05) is 19.9 Å². The van der Waals surface area contributed by atoms with Gasteiger partial charge in [0.1, 0.15) is 6.54 Å². The predicted octanol–water partition coefficient (Wildman–Crippen LogP) is 1.33. The first kappa shape index (κ1) is 21.8. The molecule has 1 aromatic carbocycles. The first-order chi connectivity index (χ1) is 13.2. The van der Waals surface area contributed by atoms with Crippen LogP contribution in [0.4, 0.5) is 10.5 Å². The number of likely N-dealkylation sites (N-methyl/N-ethyl adjacent to an activating group) is 1. The molecule has 1 N–H and O–H groups in total. The van der Waals surface area contributed by atoms with Crippen molar-refractivity contribution >= 4 is 33.6 Å². The standard InChI is InChI=1S/C18H26N4O5S/c1-4-21(5-2)28(26,27)15-9-6-8-14(12-15)19-16(23)10-7-11-22-17(24)13-20(3)18(22)25/h6,8-9,12H,4-5,7,10-11,13H2,1-3H3,(H,19,23). The number of sulfonamides is 1. The van der Waals surface area contributed by atoms with Gasteiger partial charge in [0.25, 0.3) is 0 Å². The summed E-state index contributed by atoms with van der Waals surface area (Å²) in [7, 11) is -2.06. The third-order valence-corrected chi connectivity index (χ3v) is 6.52. The molecule has 0 unspecified atom stereocenters. The Morgan fingerprint density at radius 3 is 2.46 bits per heavy atom. The fraction of sp³-hybridized carbons (Fsp3) is 0.500. The SMILES string of the molecule is CCN(CC)S(=O)(=O)c1cccc(NC(=O)CCCN2C(=O)CN(C)C2=O)c1. The maximum atomic E-state index is 12.6. The van der Waals surface area contributed by atoms with E-state index < -0.39 is 10.0 Å². The van der Waals surface area contributed by atoms with Crippen molar-refractivity contribution in [1.29, 1.82) is 0 Å². The van der Waals surface area contributed by atoms with Gasteiger partial charge in [0.15, 0.2) is 0 Å². The molecule has 1 aliphatic rings. The number of rotatable bonds is 9. The predicted molar refractivity (Wildman–Crippen MR) is 104 cm³/mol. The van der Waals surface area contributed by atoms with Crippen LogP contribution in [0.1, 0.15) is 26.7 Å². The van der Waals surface area contributed by atoms with Gasteiger partial charge in [-0.2, -0.15) is 4.31 Å². The second-order valence-electron chi connectivity index (χ2n) is 6.45. The zero-order chi connectivity index (χ0) is 20.9. The van der Waals surface area contributed by atoms with E-state index in [1.54, 1.807) is 33.0 Å². The van der Waals surface area contributed by atoms with E-state index in [4.69, 9.17) is 0 Å². The molecule has 4 amide bonds. The van der Waals surface area contributed by atoms with Crippen molar-refractivity contribution in [3.63, 3.8) is 0 Å². The zero-order valence-corrected chi connectivity index (χ0v) is 17.2. The number of carbonyl (C=O) groups excluding carboxylic acids is 3. The summed E-state index contributed by atoms with van der Waals surface area (Å²) in [5.74, 6) is -0.591. The maximum Gasteiger partial charge on any atom is 0.326 e. The van der Waals surface area contributed by atoms with E-state index in [0.717, 1.165) is 4.90 Å². The minimum Gasteiger partial charge on any atom is -0.326 e. The minimum absolute atomic E-state index is 0.0544. The fourth-order valence-corrected chi connectivity index (χ4v) is 4.46. The van der Waals surface area contributed by atoms with Gasteiger partial charge in [-0.05, 0) is 24.6 Å². The zero-order valence-electron chi connectivity index (χ0n) is 16.3. The highest BCUT2D eigenvalue weighted by molar-refractivity contribution is 7.89. The van der Waals surface area contributed by atoms with Crippen molar-refractivity contribution in [3.05, 3.63) is 24.3 Å². The van der Waals surface area contributed by atoms with Gasteiger partial charge in [0.2, 0.25) is 21.8 Å². The van der Waals surface area contributed by atoms with Crippen LogP contribution in [0.25, 0.3) is 0 Å².